The fourth-order valence-electron chi connectivity index (χ4n) is 21.3. The summed E-state index contributed by atoms with van der Waals surface area (Å²) in [6, 6.07) is 131. The van der Waals surface area contributed by atoms with Gasteiger partial charge < -0.3 is 26.5 Å². The monoisotopic (exact) mass is 1910 g/mol. The fraction of sp³-hybridized carbons (Fsp3) is 0. The first kappa shape index (κ1) is 82.1. The zero-order valence-corrected chi connectivity index (χ0v) is 79.1. The predicted octanol–water partition coefficient (Wildman–Crippen LogP) is 36.1. The Labute approximate surface area is 834 Å². The standard InChI is InChI=1S/C49H27N3O2S.C41H23N3OS2.C37H19N3O3/c1-4-12-28(13-5-1)32-22-33(29-14-6-2-7-15-29)24-34(23-32)48-50-47(30-16-8-3-9-17-30)51-49(52-48)35-25-38-42-39(26-35)54-46-36-19-11-10-18-31(36)27-41-45(46)44-40(55-41)21-20-37(53-38)43(42)44;1-3-22-9-7-12-25(17-22)39-42-40(26-13-8-10-23(4-2)18-26)44-41(43-39)27-19-30-34-32(21-27)47-38-28-14-6-5-11-24(28)20-33-37(38)36-31(46-33)16-15-29(45-30)35(34)36;1-3-9-20(10-4-1)35-38-36(21-11-5-2-6-12-21)40-37(39-35)23-18-27-30-28(19-23)43-34-24-14-8-7-13-22(24)17-29-33(34)32-26(42-29)16-15-25(41-27)31(30)32/h1-27H;3-21H,1-2H2;1-19H. The van der Waals surface area contributed by atoms with Crippen LogP contribution in [0.3, 0.4) is 0 Å². The van der Waals surface area contributed by atoms with E-state index in [4.69, 9.17) is 71.4 Å². The largest absolute Gasteiger partial charge is 0.456 e. The van der Waals surface area contributed by atoms with Crippen molar-refractivity contribution in [1.82, 2.24) is 44.9 Å². The number of thiophene rings is 2. The first-order valence-corrected chi connectivity index (χ1v) is 50.1. The van der Waals surface area contributed by atoms with Crippen LogP contribution in [0.25, 0.3) is 329 Å². The maximum Gasteiger partial charge on any atom is 0.164 e. The molecule has 676 valence electrons. The maximum atomic E-state index is 7.08. The number of benzene rings is 20. The Balaban J connectivity index is 0.000000102. The van der Waals surface area contributed by atoms with Crippen molar-refractivity contribution in [3.05, 3.63) is 406 Å². The average molecular weight is 1910 g/mol. The molecule has 12 aromatic heterocycles. The summed E-state index contributed by atoms with van der Waals surface area (Å²) in [5.74, 6) is 5.21. The number of hydrogen-bond donors (Lipinski definition) is 0. The predicted molar refractivity (Wildman–Crippen MR) is 595 cm³/mol. The van der Waals surface area contributed by atoms with Crippen LogP contribution in [0.2, 0.25) is 0 Å². The van der Waals surface area contributed by atoms with Crippen molar-refractivity contribution < 1.29 is 26.5 Å². The van der Waals surface area contributed by atoms with E-state index in [0.717, 1.165) is 209 Å². The van der Waals surface area contributed by atoms with E-state index in [1.54, 1.807) is 11.3 Å². The van der Waals surface area contributed by atoms with Crippen LogP contribution in [0, 0.1) is 0 Å². The normalized spacial score (nSPS) is 12.1. The summed E-state index contributed by atoms with van der Waals surface area (Å²) in [6.07, 6.45) is 3.67. The van der Waals surface area contributed by atoms with Gasteiger partial charge in [0, 0.05) is 138 Å². The number of hydrogen-bond acceptors (Lipinski definition) is 18. The quantitative estimate of drug-likeness (QED) is 0.106. The summed E-state index contributed by atoms with van der Waals surface area (Å²) in [5, 5.41) is 20.0. The van der Waals surface area contributed by atoms with Crippen LogP contribution < -0.4 is 0 Å². The van der Waals surface area contributed by atoms with E-state index >= 15 is 0 Å². The molecule has 32 rings (SSSR count). The van der Waals surface area contributed by atoms with Gasteiger partial charge in [-0.2, -0.15) is 0 Å². The van der Waals surface area contributed by atoms with Crippen LogP contribution in [0.4, 0.5) is 0 Å². The highest BCUT2D eigenvalue weighted by atomic mass is 32.1. The Morgan fingerprint density at radius 3 is 0.931 bits per heavy atom. The van der Waals surface area contributed by atoms with E-state index in [0.29, 0.717) is 63.6 Å². The van der Waals surface area contributed by atoms with Gasteiger partial charge in [-0.15, -0.1) is 34.0 Å². The topological polar surface area (TPSA) is 195 Å². The lowest BCUT2D eigenvalue weighted by Crippen LogP contribution is -2.00. The molecule has 0 fully saturated rings. The van der Waals surface area contributed by atoms with Crippen molar-refractivity contribution in [2.75, 3.05) is 0 Å². The van der Waals surface area contributed by atoms with Crippen LogP contribution in [0.1, 0.15) is 11.1 Å². The molecule has 0 unspecified atom stereocenters. The Hall–Kier alpha value is -18.9. The van der Waals surface area contributed by atoms with Gasteiger partial charge in [0.1, 0.15) is 67.0 Å². The Kier molecular flexibility index (Phi) is 18.3. The second-order valence-electron chi connectivity index (χ2n) is 36.5. The fourth-order valence-corrected chi connectivity index (χ4v) is 25.0. The highest BCUT2D eigenvalue weighted by Crippen LogP contribution is 2.55. The van der Waals surface area contributed by atoms with Crippen LogP contribution in [-0.4, -0.2) is 44.9 Å². The van der Waals surface area contributed by atoms with Crippen molar-refractivity contribution in [1.29, 1.82) is 0 Å². The molecule has 0 atom stereocenters. The SMILES string of the molecule is C=Cc1cccc(-c2nc(-c3cccc(C=C)c3)nc(-c3cc4oc5ccc6sc7cc8ccccc8c8sc(c3)c4c5c6c78)n2)c1.c1ccc(-c2cc(-c3ccccc3)cc(-c3nc(-c4ccccc4)nc(-c4cc5oc6ccc7sc8cc9ccccc9c9oc(c4)c5c6c7c89)n3)c2)cc1.c1ccc(-c2nc(-c3ccccc3)nc(-c3cc4oc5ccc6oc7cc8ccccc8c8oc(c3)c4c5c6c78)n2)cc1. The molecule has 0 aliphatic carbocycles. The molecule has 32 aromatic rings. The Morgan fingerprint density at radius 1 is 0.172 bits per heavy atom. The number of fused-ring (bicyclic) bond motifs is 6. The summed E-state index contributed by atoms with van der Waals surface area (Å²) in [7, 11) is 0. The summed E-state index contributed by atoms with van der Waals surface area (Å²) >= 11 is 5.47. The molecule has 145 heavy (non-hydrogen) atoms. The molecule has 20 aromatic carbocycles. The van der Waals surface area contributed by atoms with Gasteiger partial charge in [-0.25, -0.2) is 44.9 Å². The van der Waals surface area contributed by atoms with Gasteiger partial charge >= 0.3 is 0 Å². The minimum atomic E-state index is 0.532. The number of nitrogens with zero attached hydrogens (tertiary/aromatic N) is 9. The third-order valence-corrected chi connectivity index (χ3v) is 31.3. The van der Waals surface area contributed by atoms with Crippen molar-refractivity contribution in [2.24, 2.45) is 0 Å². The molecule has 12 heterocycles. The van der Waals surface area contributed by atoms with Crippen molar-refractivity contribution in [3.63, 3.8) is 0 Å². The summed E-state index contributed by atoms with van der Waals surface area (Å²) in [6.45, 7) is 7.92. The minimum absolute atomic E-state index is 0.532. The maximum absolute atomic E-state index is 7.08. The lowest BCUT2D eigenvalue weighted by Gasteiger charge is -2.12. The lowest BCUT2D eigenvalue weighted by atomic mass is 9.96. The van der Waals surface area contributed by atoms with Gasteiger partial charge in [-0.3, -0.25) is 0 Å². The van der Waals surface area contributed by atoms with E-state index in [2.05, 4.69) is 219 Å². The molecule has 0 spiro atoms. The highest BCUT2D eigenvalue weighted by molar-refractivity contribution is 7.30. The van der Waals surface area contributed by atoms with Gasteiger partial charge in [-0.05, 0) is 176 Å². The van der Waals surface area contributed by atoms with E-state index in [1.807, 2.05) is 211 Å². The van der Waals surface area contributed by atoms with Crippen LogP contribution in [0.15, 0.2) is 422 Å². The molecule has 0 aliphatic rings. The third-order valence-electron chi connectivity index (χ3n) is 27.9. The molecular weight excluding hydrogens is 1840 g/mol. The van der Waals surface area contributed by atoms with Gasteiger partial charge in [0.2, 0.25) is 0 Å². The van der Waals surface area contributed by atoms with E-state index in [9.17, 15) is 0 Å². The summed E-state index contributed by atoms with van der Waals surface area (Å²) in [5.41, 5.74) is 23.7. The number of furan rings is 4. The zero-order chi connectivity index (χ0) is 95.3. The Bertz CT molecular complexity index is 10800. The summed E-state index contributed by atoms with van der Waals surface area (Å²) in [4.78, 5) is 45.4. The van der Waals surface area contributed by atoms with Crippen molar-refractivity contribution in [3.8, 4) is 125 Å². The van der Waals surface area contributed by atoms with Gasteiger partial charge in [-0.1, -0.05) is 286 Å². The second kappa shape index (κ2) is 32.4. The van der Waals surface area contributed by atoms with Gasteiger partial charge in [0.15, 0.2) is 52.4 Å². The molecule has 15 nitrogen and oxygen atoms in total. The third kappa shape index (κ3) is 13.3. The Morgan fingerprint density at radius 2 is 0.476 bits per heavy atom. The van der Waals surface area contributed by atoms with E-state index in [-0.39, 0.29) is 0 Å². The zero-order valence-electron chi connectivity index (χ0n) is 76.6. The first-order valence-electron chi connectivity index (χ1n) is 47.7. The smallest absolute Gasteiger partial charge is 0.164 e. The highest BCUT2D eigenvalue weighted by Gasteiger charge is 2.31. The van der Waals surface area contributed by atoms with Crippen LogP contribution >= 0.6 is 34.0 Å². The number of aromatic nitrogens is 9. The van der Waals surface area contributed by atoms with E-state index < -0.39 is 0 Å². The molecule has 0 amide bonds. The summed E-state index contributed by atoms with van der Waals surface area (Å²) < 4.78 is 47.5. The average Bonchev–Trinajstić information content (AvgIpc) is 1.55. The number of rotatable bonds is 13. The first-order chi connectivity index (χ1) is 71.6. The molecule has 0 radical (unpaired) electrons. The van der Waals surface area contributed by atoms with Crippen molar-refractivity contribution >= 4 is 238 Å². The molecular formula is C127H69N9O6S3. The molecule has 0 aliphatic heterocycles. The van der Waals surface area contributed by atoms with Gasteiger partial charge in [0.05, 0.1) is 16.2 Å². The second-order valence-corrected chi connectivity index (χ2v) is 39.7. The minimum Gasteiger partial charge on any atom is -0.456 e. The molecule has 0 bridgehead atoms. The molecule has 0 saturated carbocycles. The lowest BCUT2D eigenvalue weighted by molar-refractivity contribution is 0.658. The van der Waals surface area contributed by atoms with E-state index in [1.165, 1.54) is 55.8 Å². The van der Waals surface area contributed by atoms with Gasteiger partial charge in [0.25, 0.3) is 0 Å². The molecule has 18 heteroatoms. The van der Waals surface area contributed by atoms with Crippen molar-refractivity contribution in [2.45, 2.75) is 0 Å². The van der Waals surface area contributed by atoms with Crippen LogP contribution in [0.5, 0.6) is 0 Å². The van der Waals surface area contributed by atoms with Crippen LogP contribution in [-0.2, 0) is 0 Å². The molecule has 0 N–H and O–H groups in total. The molecule has 0 saturated heterocycles.